The van der Waals surface area contributed by atoms with Gasteiger partial charge in [0.1, 0.15) is 0 Å². The van der Waals surface area contributed by atoms with Gasteiger partial charge in [0.05, 0.1) is 10.8 Å². The Morgan fingerprint density at radius 1 is 1.14 bits per heavy atom. The predicted molar refractivity (Wildman–Crippen MR) is 112 cm³/mol. The number of sulfonamides is 1. The minimum atomic E-state index is -3.59. The van der Waals surface area contributed by atoms with Crippen LogP contribution in [0, 0.1) is 5.92 Å². The number of carbonyl (C=O) groups is 2. The van der Waals surface area contributed by atoms with Crippen molar-refractivity contribution >= 4 is 33.2 Å². The third kappa shape index (κ3) is 5.02. The van der Waals surface area contributed by atoms with E-state index in [4.69, 9.17) is 0 Å². The molecule has 0 bridgehead atoms. The van der Waals surface area contributed by atoms with E-state index in [-0.39, 0.29) is 29.2 Å². The molecule has 8 heteroatoms. The number of nitrogens with zero attached hydrogens (tertiary/aromatic N) is 1. The Kier molecular flexibility index (Phi) is 6.34. The molecule has 0 unspecified atom stereocenters. The topological polar surface area (TPSA) is 95.6 Å². The van der Waals surface area contributed by atoms with E-state index in [1.54, 1.807) is 24.0 Å². The largest absolute Gasteiger partial charge is 0.326 e. The molecule has 2 aromatic carbocycles. The fourth-order valence-corrected chi connectivity index (χ4v) is 4.45. The average molecular weight is 416 g/mol. The summed E-state index contributed by atoms with van der Waals surface area (Å²) in [5.74, 6) is -0.808. The second-order valence-electron chi connectivity index (χ2n) is 7.19. The van der Waals surface area contributed by atoms with Crippen LogP contribution in [-0.4, -0.2) is 32.8 Å². The zero-order valence-corrected chi connectivity index (χ0v) is 17.3. The van der Waals surface area contributed by atoms with Gasteiger partial charge in [-0.25, -0.2) is 13.1 Å². The van der Waals surface area contributed by atoms with Crippen LogP contribution in [0.15, 0.2) is 59.5 Å². The lowest BCUT2D eigenvalue weighted by molar-refractivity contribution is -0.122. The maximum absolute atomic E-state index is 12.6. The summed E-state index contributed by atoms with van der Waals surface area (Å²) in [5, 5.41) is 2.77. The molecule has 1 heterocycles. The maximum atomic E-state index is 12.6. The van der Waals surface area contributed by atoms with E-state index >= 15 is 0 Å². The minimum Gasteiger partial charge on any atom is -0.326 e. The van der Waals surface area contributed by atoms with E-state index in [9.17, 15) is 18.0 Å². The van der Waals surface area contributed by atoms with Crippen LogP contribution in [0.1, 0.15) is 26.7 Å². The lowest BCUT2D eigenvalue weighted by Crippen LogP contribution is -2.32. The first-order valence-electron chi connectivity index (χ1n) is 9.59. The van der Waals surface area contributed by atoms with Gasteiger partial charge in [-0.2, -0.15) is 0 Å². The van der Waals surface area contributed by atoms with Gasteiger partial charge in [0.2, 0.25) is 21.8 Å². The molecule has 2 amide bonds. The van der Waals surface area contributed by atoms with Crippen LogP contribution in [0.2, 0.25) is 0 Å². The number of anilines is 2. The number of hydrogen-bond donors (Lipinski definition) is 2. The zero-order valence-electron chi connectivity index (χ0n) is 16.5. The second kappa shape index (κ2) is 8.75. The Labute approximate surface area is 171 Å². The van der Waals surface area contributed by atoms with Gasteiger partial charge in [-0.3, -0.25) is 9.59 Å². The van der Waals surface area contributed by atoms with Crippen molar-refractivity contribution in [1.29, 1.82) is 0 Å². The molecule has 0 spiro atoms. The Morgan fingerprint density at radius 3 is 2.41 bits per heavy atom. The highest BCUT2D eigenvalue weighted by atomic mass is 32.2. The molecule has 29 heavy (non-hydrogen) atoms. The third-order valence-electron chi connectivity index (χ3n) is 4.96. The van der Waals surface area contributed by atoms with Crippen molar-refractivity contribution in [3.05, 3.63) is 54.6 Å². The molecule has 3 rings (SSSR count). The lowest BCUT2D eigenvalue weighted by Gasteiger charge is -2.16. The molecule has 1 aliphatic rings. The fourth-order valence-electron chi connectivity index (χ4n) is 3.12. The highest BCUT2D eigenvalue weighted by Crippen LogP contribution is 2.26. The Hall–Kier alpha value is -2.71. The number of hydrogen-bond acceptors (Lipinski definition) is 4. The van der Waals surface area contributed by atoms with Gasteiger partial charge in [0.15, 0.2) is 0 Å². The molecule has 0 aromatic heterocycles. The summed E-state index contributed by atoms with van der Waals surface area (Å²) in [5.41, 5.74) is 1.26. The molecule has 1 fully saturated rings. The van der Waals surface area contributed by atoms with E-state index in [0.29, 0.717) is 18.7 Å². The SMILES string of the molecule is CC[C@H](C)NS(=O)(=O)c1ccc(NC(=O)[C@@H]2CC(=O)N(c3ccccc3)C2)cc1. The number of carbonyl (C=O) groups excluding carboxylic acids is 2. The van der Waals surface area contributed by atoms with Crippen LogP contribution >= 0.6 is 0 Å². The van der Waals surface area contributed by atoms with E-state index in [0.717, 1.165) is 5.69 Å². The van der Waals surface area contributed by atoms with E-state index in [1.165, 1.54) is 12.1 Å². The van der Waals surface area contributed by atoms with Gasteiger partial charge < -0.3 is 10.2 Å². The summed E-state index contributed by atoms with van der Waals surface area (Å²) in [6.07, 6.45) is 0.833. The second-order valence-corrected chi connectivity index (χ2v) is 8.90. The summed E-state index contributed by atoms with van der Waals surface area (Å²) >= 11 is 0. The smallest absolute Gasteiger partial charge is 0.240 e. The maximum Gasteiger partial charge on any atom is 0.240 e. The minimum absolute atomic E-state index is 0.0890. The Bertz CT molecular complexity index is 975. The van der Waals surface area contributed by atoms with Crippen LogP contribution in [0.4, 0.5) is 11.4 Å². The lowest BCUT2D eigenvalue weighted by atomic mass is 10.1. The predicted octanol–water partition coefficient (Wildman–Crippen LogP) is 2.76. The number of rotatable bonds is 7. The molecule has 0 saturated carbocycles. The van der Waals surface area contributed by atoms with Gasteiger partial charge in [-0.1, -0.05) is 25.1 Å². The highest BCUT2D eigenvalue weighted by Gasteiger charge is 2.35. The van der Waals surface area contributed by atoms with Gasteiger partial charge in [0, 0.05) is 30.4 Å². The highest BCUT2D eigenvalue weighted by molar-refractivity contribution is 7.89. The van der Waals surface area contributed by atoms with Gasteiger partial charge in [0.25, 0.3) is 0 Å². The number of nitrogens with one attached hydrogen (secondary N) is 2. The number of amides is 2. The quantitative estimate of drug-likeness (QED) is 0.727. The van der Waals surface area contributed by atoms with E-state index in [2.05, 4.69) is 10.0 Å². The molecule has 2 atom stereocenters. The van der Waals surface area contributed by atoms with Crippen molar-refractivity contribution in [2.45, 2.75) is 37.6 Å². The van der Waals surface area contributed by atoms with Crippen molar-refractivity contribution in [3.8, 4) is 0 Å². The van der Waals surface area contributed by atoms with Crippen molar-refractivity contribution in [2.24, 2.45) is 5.92 Å². The van der Waals surface area contributed by atoms with Crippen molar-refractivity contribution in [3.63, 3.8) is 0 Å². The van der Waals surface area contributed by atoms with Crippen molar-refractivity contribution in [1.82, 2.24) is 4.72 Å². The molecule has 0 aliphatic carbocycles. The summed E-state index contributed by atoms with van der Waals surface area (Å²) in [7, 11) is -3.59. The van der Waals surface area contributed by atoms with Crippen molar-refractivity contribution in [2.75, 3.05) is 16.8 Å². The van der Waals surface area contributed by atoms with Crippen molar-refractivity contribution < 1.29 is 18.0 Å². The summed E-state index contributed by atoms with van der Waals surface area (Å²) in [4.78, 5) is 26.6. The normalized spacial score (nSPS) is 17.9. The van der Waals surface area contributed by atoms with Gasteiger partial charge >= 0.3 is 0 Å². The zero-order chi connectivity index (χ0) is 21.0. The van der Waals surface area contributed by atoms with E-state index < -0.39 is 15.9 Å². The van der Waals surface area contributed by atoms with Gasteiger partial charge in [-0.05, 0) is 49.7 Å². The van der Waals surface area contributed by atoms with Crippen LogP contribution in [0.25, 0.3) is 0 Å². The third-order valence-corrected chi connectivity index (χ3v) is 6.57. The molecule has 154 valence electrons. The standard InChI is InChI=1S/C21H25N3O4S/c1-3-15(2)23-29(27,28)19-11-9-17(10-12-19)22-21(26)16-13-20(25)24(14-16)18-7-5-4-6-8-18/h4-12,15-16,23H,3,13-14H2,1-2H3,(H,22,26)/t15-,16+/m0/s1. The summed E-state index contributed by atoms with van der Waals surface area (Å²) < 4.78 is 27.2. The molecule has 2 aromatic rings. The Morgan fingerprint density at radius 2 is 1.79 bits per heavy atom. The van der Waals surface area contributed by atoms with Crippen LogP contribution in [0.5, 0.6) is 0 Å². The number of benzene rings is 2. The first kappa shape index (κ1) is 21.0. The molecule has 7 nitrogen and oxygen atoms in total. The average Bonchev–Trinajstić information content (AvgIpc) is 3.10. The number of para-hydroxylation sites is 1. The van der Waals surface area contributed by atoms with E-state index in [1.807, 2.05) is 37.3 Å². The summed E-state index contributed by atoms with van der Waals surface area (Å²) in [6, 6.07) is 15.1. The molecule has 2 N–H and O–H groups in total. The summed E-state index contributed by atoms with van der Waals surface area (Å²) in [6.45, 7) is 4.02. The molecule has 1 aliphatic heterocycles. The van der Waals surface area contributed by atoms with Gasteiger partial charge in [-0.15, -0.1) is 0 Å². The molecular weight excluding hydrogens is 390 g/mol. The first-order valence-corrected chi connectivity index (χ1v) is 11.1. The first-order chi connectivity index (χ1) is 13.8. The molecular formula is C21H25N3O4S. The van der Waals surface area contributed by atoms with Crippen LogP contribution in [0.3, 0.4) is 0 Å². The monoisotopic (exact) mass is 415 g/mol. The molecule has 0 radical (unpaired) electrons. The van der Waals surface area contributed by atoms with Crippen LogP contribution in [-0.2, 0) is 19.6 Å². The van der Waals surface area contributed by atoms with Crippen LogP contribution < -0.4 is 14.9 Å². The fraction of sp³-hybridized carbons (Fsp3) is 0.333. The molecule has 1 saturated heterocycles. The Balaban J connectivity index is 1.63.